The molecule has 1 spiro atoms. The van der Waals surface area contributed by atoms with Crippen LogP contribution in [0.4, 0.5) is 0 Å². The third-order valence-electron chi connectivity index (χ3n) is 4.92. The van der Waals surface area contributed by atoms with E-state index in [2.05, 4.69) is 13.5 Å². The fraction of sp³-hybridized carbons (Fsp3) is 0.444. The lowest BCUT2D eigenvalue weighted by atomic mass is 9.93. The van der Waals surface area contributed by atoms with Crippen LogP contribution in [0.15, 0.2) is 30.4 Å². The van der Waals surface area contributed by atoms with Gasteiger partial charge in [0, 0.05) is 0 Å². The molecular weight excluding hydrogens is 303 g/mol. The van der Waals surface area contributed by atoms with E-state index in [-0.39, 0.29) is 0 Å². The van der Waals surface area contributed by atoms with E-state index in [9.17, 15) is 0 Å². The van der Waals surface area contributed by atoms with E-state index in [4.69, 9.17) is 27.9 Å². The molecule has 0 aliphatic heterocycles. The van der Waals surface area contributed by atoms with Crippen molar-refractivity contribution < 1.29 is 4.74 Å². The van der Waals surface area contributed by atoms with Crippen LogP contribution in [0, 0.1) is 11.3 Å². The molecule has 1 aromatic rings. The normalized spacial score (nSPS) is 20.8. The van der Waals surface area contributed by atoms with Crippen molar-refractivity contribution in [3.05, 3.63) is 46.0 Å². The first kappa shape index (κ1) is 15.0. The number of hydrogen-bond acceptors (Lipinski definition) is 1. The van der Waals surface area contributed by atoms with Crippen molar-refractivity contribution in [2.75, 3.05) is 7.11 Å². The molecule has 0 radical (unpaired) electrons. The van der Waals surface area contributed by atoms with E-state index >= 15 is 0 Å². The lowest BCUT2D eigenvalue weighted by Gasteiger charge is -2.14. The van der Waals surface area contributed by atoms with Crippen LogP contribution in [0.5, 0.6) is 5.75 Å². The Balaban J connectivity index is 2.06. The Labute approximate surface area is 136 Å². The minimum Gasteiger partial charge on any atom is -0.494 e. The van der Waals surface area contributed by atoms with Crippen molar-refractivity contribution in [3.63, 3.8) is 0 Å². The van der Waals surface area contributed by atoms with E-state index in [0.717, 1.165) is 12.0 Å². The number of benzene rings is 1. The lowest BCUT2D eigenvalue weighted by Crippen LogP contribution is -1.97. The Bertz CT molecular complexity index is 603. The molecule has 1 nitrogen and oxygen atoms in total. The summed E-state index contributed by atoms with van der Waals surface area (Å²) in [4.78, 5) is 0. The Morgan fingerprint density at radius 1 is 1.24 bits per heavy atom. The van der Waals surface area contributed by atoms with Crippen LogP contribution in [0.2, 0.25) is 10.0 Å². The molecule has 2 aliphatic carbocycles. The summed E-state index contributed by atoms with van der Waals surface area (Å²) in [5, 5.41) is 1.16. The van der Waals surface area contributed by atoms with Gasteiger partial charge in [-0.05, 0) is 60.3 Å². The molecular formula is C18H20Cl2O. The number of methoxy groups -OCH3 is 1. The van der Waals surface area contributed by atoms with E-state index < -0.39 is 0 Å². The minimum absolute atomic E-state index is 0.402. The number of halogens is 2. The van der Waals surface area contributed by atoms with Gasteiger partial charge in [-0.2, -0.15) is 0 Å². The van der Waals surface area contributed by atoms with Crippen molar-refractivity contribution in [1.29, 1.82) is 0 Å². The minimum atomic E-state index is 0.402. The standard InChI is InChI=1S/C18H20Cl2O/c1-4-11(2)13-9-18(5-6-18)10-14(13)12-7-15(19)17(21-3)16(20)8-12/h4,7-8,11H,1,5-6,9-10H2,2-3H3. The highest BCUT2D eigenvalue weighted by Crippen LogP contribution is 2.62. The summed E-state index contributed by atoms with van der Waals surface area (Å²) in [6.07, 6.45) is 7.03. The SMILES string of the molecule is C=CC(C)C1=C(c2cc(Cl)c(OC)c(Cl)c2)CC2(CC2)C1. The first-order chi connectivity index (χ1) is 9.99. The van der Waals surface area contributed by atoms with E-state index in [1.165, 1.54) is 30.4 Å². The van der Waals surface area contributed by atoms with Crippen LogP contribution in [0.1, 0.15) is 38.2 Å². The number of hydrogen-bond donors (Lipinski definition) is 0. The summed E-state index contributed by atoms with van der Waals surface area (Å²) in [6, 6.07) is 3.97. The van der Waals surface area contributed by atoms with Crippen molar-refractivity contribution in [2.45, 2.75) is 32.6 Å². The number of ether oxygens (including phenoxy) is 1. The average molecular weight is 323 g/mol. The van der Waals surface area contributed by atoms with Crippen LogP contribution in [0.3, 0.4) is 0 Å². The smallest absolute Gasteiger partial charge is 0.156 e. The van der Waals surface area contributed by atoms with Crippen LogP contribution in [-0.4, -0.2) is 7.11 Å². The molecule has 0 aromatic heterocycles. The second kappa shape index (κ2) is 5.37. The molecule has 1 aromatic carbocycles. The topological polar surface area (TPSA) is 9.23 Å². The third kappa shape index (κ3) is 2.62. The Morgan fingerprint density at radius 2 is 1.86 bits per heavy atom. The number of rotatable bonds is 4. The average Bonchev–Trinajstić information content (AvgIpc) is 3.09. The summed E-state index contributed by atoms with van der Waals surface area (Å²) < 4.78 is 5.25. The molecule has 0 heterocycles. The molecule has 21 heavy (non-hydrogen) atoms. The third-order valence-corrected chi connectivity index (χ3v) is 5.48. The summed E-state index contributed by atoms with van der Waals surface area (Å²) in [5.74, 6) is 0.958. The maximum Gasteiger partial charge on any atom is 0.156 e. The molecule has 0 amide bonds. The van der Waals surface area contributed by atoms with Crippen molar-refractivity contribution in [3.8, 4) is 5.75 Å². The molecule has 0 saturated heterocycles. The van der Waals surface area contributed by atoms with Gasteiger partial charge in [-0.25, -0.2) is 0 Å². The van der Waals surface area contributed by atoms with Gasteiger partial charge < -0.3 is 4.74 Å². The van der Waals surface area contributed by atoms with Gasteiger partial charge in [-0.15, -0.1) is 6.58 Å². The van der Waals surface area contributed by atoms with Gasteiger partial charge in [0.25, 0.3) is 0 Å². The summed E-state index contributed by atoms with van der Waals surface area (Å²) in [6.45, 7) is 6.18. The van der Waals surface area contributed by atoms with Gasteiger partial charge in [-0.3, -0.25) is 0 Å². The predicted octanol–water partition coefficient (Wildman–Crippen LogP) is 6.15. The van der Waals surface area contributed by atoms with Gasteiger partial charge in [0.1, 0.15) is 0 Å². The number of allylic oxidation sites excluding steroid dienone is 3. The van der Waals surface area contributed by atoms with Crippen molar-refractivity contribution in [1.82, 2.24) is 0 Å². The lowest BCUT2D eigenvalue weighted by molar-refractivity contribution is 0.415. The summed E-state index contributed by atoms with van der Waals surface area (Å²) in [7, 11) is 1.59. The van der Waals surface area contributed by atoms with Gasteiger partial charge in [-0.1, -0.05) is 41.8 Å². The Kier molecular flexibility index (Phi) is 3.83. The molecule has 2 aliphatic rings. The molecule has 112 valence electrons. The van der Waals surface area contributed by atoms with Crippen LogP contribution in [0.25, 0.3) is 5.57 Å². The van der Waals surface area contributed by atoms with E-state index in [0.29, 0.717) is 27.1 Å². The first-order valence-corrected chi connectivity index (χ1v) is 8.13. The van der Waals surface area contributed by atoms with Crippen LogP contribution >= 0.6 is 23.2 Å². The highest BCUT2D eigenvalue weighted by atomic mass is 35.5. The van der Waals surface area contributed by atoms with Gasteiger partial charge >= 0.3 is 0 Å². The van der Waals surface area contributed by atoms with Crippen LogP contribution in [-0.2, 0) is 0 Å². The van der Waals surface area contributed by atoms with E-state index in [1.54, 1.807) is 7.11 Å². The van der Waals surface area contributed by atoms with Gasteiger partial charge in [0.05, 0.1) is 17.2 Å². The summed E-state index contributed by atoms with van der Waals surface area (Å²) >= 11 is 12.6. The van der Waals surface area contributed by atoms with Crippen molar-refractivity contribution in [2.24, 2.45) is 11.3 Å². The fourth-order valence-corrected chi connectivity index (χ4v) is 4.03. The highest BCUT2D eigenvalue weighted by Gasteiger charge is 2.48. The maximum absolute atomic E-state index is 6.31. The zero-order valence-corrected chi connectivity index (χ0v) is 14.0. The predicted molar refractivity (Wildman–Crippen MR) is 90.2 cm³/mol. The molecule has 1 saturated carbocycles. The Hall–Kier alpha value is -0.920. The molecule has 0 N–H and O–H groups in total. The second-order valence-electron chi connectivity index (χ2n) is 6.35. The molecule has 1 fully saturated rings. The molecule has 1 unspecified atom stereocenters. The zero-order chi connectivity index (χ0) is 15.2. The monoisotopic (exact) mass is 322 g/mol. The zero-order valence-electron chi connectivity index (χ0n) is 12.5. The molecule has 0 bridgehead atoms. The second-order valence-corrected chi connectivity index (χ2v) is 7.17. The molecule has 3 heteroatoms. The largest absolute Gasteiger partial charge is 0.494 e. The summed E-state index contributed by atoms with van der Waals surface area (Å²) in [5.41, 5.74) is 4.56. The van der Waals surface area contributed by atoms with E-state index in [1.807, 2.05) is 18.2 Å². The van der Waals surface area contributed by atoms with Gasteiger partial charge in [0.2, 0.25) is 0 Å². The molecule has 1 atom stereocenters. The maximum atomic E-state index is 6.31. The van der Waals surface area contributed by atoms with Crippen molar-refractivity contribution >= 4 is 28.8 Å². The quantitative estimate of drug-likeness (QED) is 0.604. The molecule has 3 rings (SSSR count). The van der Waals surface area contributed by atoms with Crippen LogP contribution < -0.4 is 4.74 Å². The first-order valence-electron chi connectivity index (χ1n) is 7.37. The fourth-order valence-electron chi connectivity index (χ4n) is 3.39. The highest BCUT2D eigenvalue weighted by molar-refractivity contribution is 6.37. The Morgan fingerprint density at radius 3 is 2.33 bits per heavy atom. The van der Waals surface area contributed by atoms with Gasteiger partial charge in [0.15, 0.2) is 5.75 Å².